The summed E-state index contributed by atoms with van der Waals surface area (Å²) in [5, 5.41) is 18.0. The van der Waals surface area contributed by atoms with Gasteiger partial charge in [0, 0.05) is 15.5 Å². The number of aliphatic hydroxyl groups is 1. The first-order valence-electron chi connectivity index (χ1n) is 5.14. The van der Waals surface area contributed by atoms with Crippen LogP contribution in [-0.2, 0) is 6.54 Å². The molecule has 2 aromatic rings. The van der Waals surface area contributed by atoms with Gasteiger partial charge in [0.15, 0.2) is 0 Å². The number of nitrogens with zero attached hydrogens (tertiary/aromatic N) is 3. The number of benzene rings is 1. The van der Waals surface area contributed by atoms with Crippen molar-refractivity contribution in [3.05, 3.63) is 44.6 Å². The zero-order chi connectivity index (χ0) is 12.4. The van der Waals surface area contributed by atoms with Crippen LogP contribution in [0.3, 0.4) is 0 Å². The molecule has 1 N–H and O–H groups in total. The van der Waals surface area contributed by atoms with Crippen LogP contribution in [0.4, 0.5) is 0 Å². The molecule has 0 amide bonds. The van der Waals surface area contributed by atoms with Gasteiger partial charge in [-0.15, -0.1) is 5.10 Å². The third-order valence-electron chi connectivity index (χ3n) is 2.43. The van der Waals surface area contributed by atoms with Gasteiger partial charge >= 0.3 is 0 Å². The number of aromatic nitrogens is 3. The predicted molar refractivity (Wildman–Crippen MR) is 71.6 cm³/mol. The van der Waals surface area contributed by atoms with Crippen LogP contribution < -0.4 is 0 Å². The first kappa shape index (κ1) is 12.7. The normalized spacial score (nSPS) is 12.7. The Morgan fingerprint density at radius 1 is 1.29 bits per heavy atom. The lowest BCUT2D eigenvalue weighted by Crippen LogP contribution is -2.09. The standard InChI is InChI=1S/C11H11Br2N3O/c1-2-16-10(6-14-15-16)11(17)7-3-8(12)5-9(13)4-7/h3-6,11,17H,2H2,1H3. The quantitative estimate of drug-likeness (QED) is 0.915. The Bertz CT molecular complexity index is 507. The summed E-state index contributed by atoms with van der Waals surface area (Å²) < 4.78 is 3.51. The summed E-state index contributed by atoms with van der Waals surface area (Å²) in [6.07, 6.45) is 0.863. The van der Waals surface area contributed by atoms with E-state index >= 15 is 0 Å². The molecule has 0 saturated heterocycles. The highest BCUT2D eigenvalue weighted by atomic mass is 79.9. The SMILES string of the molecule is CCn1nncc1C(O)c1cc(Br)cc(Br)c1. The molecule has 0 aliphatic carbocycles. The van der Waals surface area contributed by atoms with Crippen molar-refractivity contribution in [3.63, 3.8) is 0 Å². The van der Waals surface area contributed by atoms with Crippen LogP contribution >= 0.6 is 31.9 Å². The van der Waals surface area contributed by atoms with Gasteiger partial charge in [-0.05, 0) is 30.7 Å². The highest BCUT2D eigenvalue weighted by molar-refractivity contribution is 9.11. The lowest BCUT2D eigenvalue weighted by molar-refractivity contribution is 0.208. The fraction of sp³-hybridized carbons (Fsp3) is 0.273. The fourth-order valence-electron chi connectivity index (χ4n) is 1.63. The van der Waals surface area contributed by atoms with Crippen LogP contribution in [0.5, 0.6) is 0 Å². The molecule has 0 radical (unpaired) electrons. The van der Waals surface area contributed by atoms with Gasteiger partial charge in [-0.25, -0.2) is 4.68 Å². The average molecular weight is 361 g/mol. The fourth-order valence-corrected chi connectivity index (χ4v) is 2.96. The van der Waals surface area contributed by atoms with Gasteiger partial charge < -0.3 is 5.11 Å². The highest BCUT2D eigenvalue weighted by Crippen LogP contribution is 2.27. The first-order chi connectivity index (χ1) is 8.11. The molecule has 2 rings (SSSR count). The second-order valence-electron chi connectivity index (χ2n) is 3.58. The summed E-state index contributed by atoms with van der Waals surface area (Å²) >= 11 is 6.80. The maximum Gasteiger partial charge on any atom is 0.122 e. The second-order valence-corrected chi connectivity index (χ2v) is 5.41. The average Bonchev–Trinajstić information content (AvgIpc) is 2.74. The second kappa shape index (κ2) is 5.29. The van der Waals surface area contributed by atoms with E-state index in [1.165, 1.54) is 0 Å². The molecule has 1 aromatic carbocycles. The molecule has 6 heteroatoms. The van der Waals surface area contributed by atoms with Gasteiger partial charge in [-0.1, -0.05) is 37.1 Å². The van der Waals surface area contributed by atoms with Gasteiger partial charge in [-0.3, -0.25) is 0 Å². The van der Waals surface area contributed by atoms with Crippen molar-refractivity contribution in [3.8, 4) is 0 Å². The van der Waals surface area contributed by atoms with E-state index in [1.807, 2.05) is 25.1 Å². The Hall–Kier alpha value is -0.720. The van der Waals surface area contributed by atoms with Crippen LogP contribution in [0.15, 0.2) is 33.3 Å². The number of aliphatic hydroxyl groups excluding tert-OH is 1. The number of halogens is 2. The molecule has 1 aromatic heterocycles. The predicted octanol–water partition coefficient (Wildman–Crippen LogP) is 2.90. The van der Waals surface area contributed by atoms with Gasteiger partial charge in [0.2, 0.25) is 0 Å². The Morgan fingerprint density at radius 3 is 2.53 bits per heavy atom. The molecule has 1 heterocycles. The number of hydrogen-bond donors (Lipinski definition) is 1. The summed E-state index contributed by atoms with van der Waals surface area (Å²) in [7, 11) is 0. The van der Waals surface area contributed by atoms with E-state index < -0.39 is 6.10 Å². The van der Waals surface area contributed by atoms with Gasteiger partial charge in [0.05, 0.1) is 11.9 Å². The molecular weight excluding hydrogens is 350 g/mol. The summed E-state index contributed by atoms with van der Waals surface area (Å²) in [6.45, 7) is 2.64. The first-order valence-corrected chi connectivity index (χ1v) is 6.73. The van der Waals surface area contributed by atoms with E-state index in [0.29, 0.717) is 12.2 Å². The van der Waals surface area contributed by atoms with Crippen LogP contribution in [-0.4, -0.2) is 20.1 Å². The Morgan fingerprint density at radius 2 is 1.94 bits per heavy atom. The van der Waals surface area contributed by atoms with Crippen molar-refractivity contribution in [1.29, 1.82) is 0 Å². The van der Waals surface area contributed by atoms with Crippen LogP contribution in [0.2, 0.25) is 0 Å². The largest absolute Gasteiger partial charge is 0.382 e. The van der Waals surface area contributed by atoms with E-state index in [1.54, 1.807) is 10.9 Å². The molecular formula is C11H11Br2N3O. The van der Waals surface area contributed by atoms with Crippen molar-refractivity contribution in [2.24, 2.45) is 0 Å². The number of aryl methyl sites for hydroxylation is 1. The van der Waals surface area contributed by atoms with Gasteiger partial charge in [-0.2, -0.15) is 0 Å². The monoisotopic (exact) mass is 359 g/mol. The minimum atomic E-state index is -0.723. The molecule has 0 spiro atoms. The molecule has 0 aliphatic rings. The topological polar surface area (TPSA) is 50.9 Å². The van der Waals surface area contributed by atoms with E-state index in [2.05, 4.69) is 42.2 Å². The lowest BCUT2D eigenvalue weighted by atomic mass is 10.1. The molecule has 1 unspecified atom stereocenters. The Kier molecular flexibility index (Phi) is 3.96. The highest BCUT2D eigenvalue weighted by Gasteiger charge is 2.16. The molecule has 4 nitrogen and oxygen atoms in total. The third kappa shape index (κ3) is 2.75. The minimum absolute atomic E-state index is 0.682. The van der Waals surface area contributed by atoms with E-state index in [4.69, 9.17) is 0 Å². The van der Waals surface area contributed by atoms with E-state index in [0.717, 1.165) is 14.5 Å². The van der Waals surface area contributed by atoms with Gasteiger partial charge in [0.25, 0.3) is 0 Å². The summed E-state index contributed by atoms with van der Waals surface area (Å²) in [6, 6.07) is 5.68. The van der Waals surface area contributed by atoms with Crippen LogP contribution in [0, 0.1) is 0 Å². The maximum atomic E-state index is 10.3. The Labute approximate surface area is 116 Å². The van der Waals surface area contributed by atoms with Crippen molar-refractivity contribution in [2.75, 3.05) is 0 Å². The van der Waals surface area contributed by atoms with Crippen LogP contribution in [0.25, 0.3) is 0 Å². The molecule has 90 valence electrons. The van der Waals surface area contributed by atoms with Crippen molar-refractivity contribution < 1.29 is 5.11 Å². The Balaban J connectivity index is 2.39. The zero-order valence-corrected chi connectivity index (χ0v) is 12.3. The molecule has 0 fully saturated rings. The molecule has 0 bridgehead atoms. The number of hydrogen-bond acceptors (Lipinski definition) is 3. The maximum absolute atomic E-state index is 10.3. The van der Waals surface area contributed by atoms with E-state index in [9.17, 15) is 5.11 Å². The van der Waals surface area contributed by atoms with Crippen molar-refractivity contribution in [2.45, 2.75) is 19.6 Å². The van der Waals surface area contributed by atoms with Crippen molar-refractivity contribution >= 4 is 31.9 Å². The summed E-state index contributed by atoms with van der Waals surface area (Å²) in [5.41, 5.74) is 1.49. The van der Waals surface area contributed by atoms with Crippen LogP contribution in [0.1, 0.15) is 24.3 Å². The van der Waals surface area contributed by atoms with Crippen molar-refractivity contribution in [1.82, 2.24) is 15.0 Å². The molecule has 1 atom stereocenters. The minimum Gasteiger partial charge on any atom is -0.382 e. The molecule has 0 aliphatic heterocycles. The lowest BCUT2D eigenvalue weighted by Gasteiger charge is -2.12. The smallest absolute Gasteiger partial charge is 0.122 e. The van der Waals surface area contributed by atoms with E-state index in [-0.39, 0.29) is 0 Å². The molecule has 17 heavy (non-hydrogen) atoms. The van der Waals surface area contributed by atoms with Gasteiger partial charge in [0.1, 0.15) is 6.10 Å². The third-order valence-corrected chi connectivity index (χ3v) is 3.34. The zero-order valence-electron chi connectivity index (χ0n) is 9.14. The summed E-state index contributed by atoms with van der Waals surface area (Å²) in [4.78, 5) is 0. The molecule has 0 saturated carbocycles. The number of rotatable bonds is 3. The summed E-state index contributed by atoms with van der Waals surface area (Å²) in [5.74, 6) is 0.